The average molecular weight is 329 g/mol. The maximum atomic E-state index is 8.74. The second kappa shape index (κ2) is 7.51. The summed E-state index contributed by atoms with van der Waals surface area (Å²) in [6, 6.07) is 0.351. The van der Waals surface area contributed by atoms with Gasteiger partial charge in [-0.2, -0.15) is 5.10 Å². The van der Waals surface area contributed by atoms with Crippen molar-refractivity contribution in [1.29, 1.82) is 0 Å². The molecule has 0 aromatic carbocycles. The number of aryl methyl sites for hydroxylation is 2. The van der Waals surface area contributed by atoms with Crippen LogP contribution in [0.1, 0.15) is 37.9 Å². The molecule has 0 bridgehead atoms. The van der Waals surface area contributed by atoms with Gasteiger partial charge in [0, 0.05) is 42.0 Å². The number of azide groups is 1. The molecule has 24 heavy (non-hydrogen) atoms. The highest BCUT2D eigenvalue weighted by Gasteiger charge is 2.21. The summed E-state index contributed by atoms with van der Waals surface area (Å²) < 4.78 is 7.35. The summed E-state index contributed by atoms with van der Waals surface area (Å²) >= 11 is 0. The van der Waals surface area contributed by atoms with E-state index in [-0.39, 0.29) is 0 Å². The SMILES string of the molecule is CCc1nc2c(cnn2CC)c(NC2CCOCC2)c1CN=[N+]=[N-]. The lowest BCUT2D eigenvalue weighted by Crippen LogP contribution is -2.28. The van der Waals surface area contributed by atoms with Crippen molar-refractivity contribution in [3.63, 3.8) is 0 Å². The lowest BCUT2D eigenvalue weighted by atomic mass is 10.0. The van der Waals surface area contributed by atoms with E-state index in [1.807, 2.05) is 10.9 Å². The Kier molecular flexibility index (Phi) is 5.17. The van der Waals surface area contributed by atoms with Crippen LogP contribution in [0.3, 0.4) is 0 Å². The molecule has 1 aliphatic heterocycles. The molecule has 0 saturated carbocycles. The van der Waals surface area contributed by atoms with Crippen LogP contribution in [0.15, 0.2) is 11.3 Å². The van der Waals surface area contributed by atoms with Crippen LogP contribution in [0, 0.1) is 0 Å². The molecule has 0 spiro atoms. The van der Waals surface area contributed by atoms with Gasteiger partial charge in [-0.05, 0) is 31.7 Å². The van der Waals surface area contributed by atoms with Crippen LogP contribution >= 0.6 is 0 Å². The Morgan fingerprint density at radius 2 is 2.21 bits per heavy atom. The zero-order chi connectivity index (χ0) is 16.9. The van der Waals surface area contributed by atoms with Crippen molar-refractivity contribution in [3.8, 4) is 0 Å². The quantitative estimate of drug-likeness (QED) is 0.498. The molecule has 128 valence electrons. The lowest BCUT2D eigenvalue weighted by molar-refractivity contribution is 0.0904. The molecule has 0 radical (unpaired) electrons. The highest BCUT2D eigenvalue weighted by atomic mass is 16.5. The maximum Gasteiger partial charge on any atom is 0.160 e. The Balaban J connectivity index is 2.12. The summed E-state index contributed by atoms with van der Waals surface area (Å²) in [5.41, 5.74) is 12.6. The van der Waals surface area contributed by atoms with Gasteiger partial charge in [-0.1, -0.05) is 12.0 Å². The van der Waals surface area contributed by atoms with E-state index >= 15 is 0 Å². The first-order valence-corrected chi connectivity index (χ1v) is 8.50. The number of anilines is 1. The molecule has 8 heteroatoms. The molecule has 1 fully saturated rings. The van der Waals surface area contributed by atoms with Gasteiger partial charge in [0.25, 0.3) is 0 Å². The summed E-state index contributed by atoms with van der Waals surface area (Å²) in [6.07, 6.45) is 4.57. The van der Waals surface area contributed by atoms with Crippen molar-refractivity contribution in [1.82, 2.24) is 14.8 Å². The van der Waals surface area contributed by atoms with E-state index in [9.17, 15) is 0 Å². The fourth-order valence-electron chi connectivity index (χ4n) is 3.18. The standard InChI is InChI=1S/C16H23N7O/c1-3-14-12(9-18-22-17)15(20-11-5-7-24-8-6-11)13-10-19-23(4-2)16(13)21-14/h10-11H,3-9H2,1-2H3,(H,20,21). The number of rotatable bonds is 6. The molecule has 1 N–H and O–H groups in total. The van der Waals surface area contributed by atoms with E-state index in [1.165, 1.54) is 0 Å². The Hall–Kier alpha value is -2.31. The zero-order valence-electron chi connectivity index (χ0n) is 14.2. The first kappa shape index (κ1) is 16.5. The highest BCUT2D eigenvalue weighted by molar-refractivity contribution is 5.91. The first-order valence-electron chi connectivity index (χ1n) is 8.50. The second-order valence-electron chi connectivity index (χ2n) is 5.88. The number of ether oxygens (including phenoxy) is 1. The molecule has 0 amide bonds. The van der Waals surface area contributed by atoms with Crippen LogP contribution in [-0.2, 0) is 24.2 Å². The molecule has 3 rings (SSSR count). The predicted octanol–water partition coefficient (Wildman–Crippen LogP) is 3.41. The first-order chi connectivity index (χ1) is 11.8. The summed E-state index contributed by atoms with van der Waals surface area (Å²) in [5, 5.41) is 12.9. The van der Waals surface area contributed by atoms with Crippen molar-refractivity contribution < 1.29 is 4.74 Å². The van der Waals surface area contributed by atoms with Crippen LogP contribution in [-0.4, -0.2) is 34.0 Å². The molecule has 8 nitrogen and oxygen atoms in total. The van der Waals surface area contributed by atoms with Gasteiger partial charge in [-0.15, -0.1) is 0 Å². The average Bonchev–Trinajstić information content (AvgIpc) is 3.04. The fourth-order valence-corrected chi connectivity index (χ4v) is 3.18. The third kappa shape index (κ3) is 3.16. The van der Waals surface area contributed by atoms with Gasteiger partial charge >= 0.3 is 0 Å². The third-order valence-corrected chi connectivity index (χ3v) is 4.47. The van der Waals surface area contributed by atoms with E-state index in [0.29, 0.717) is 12.6 Å². The Morgan fingerprint density at radius 3 is 2.88 bits per heavy atom. The highest BCUT2D eigenvalue weighted by Crippen LogP contribution is 2.31. The monoisotopic (exact) mass is 329 g/mol. The van der Waals surface area contributed by atoms with Crippen LogP contribution in [0.4, 0.5) is 5.69 Å². The minimum Gasteiger partial charge on any atom is -0.381 e. The number of nitrogens with one attached hydrogen (secondary N) is 1. The second-order valence-corrected chi connectivity index (χ2v) is 5.88. The van der Waals surface area contributed by atoms with E-state index < -0.39 is 0 Å². The van der Waals surface area contributed by atoms with Gasteiger partial charge in [-0.3, -0.25) is 0 Å². The van der Waals surface area contributed by atoms with Crippen molar-refractivity contribution in [2.75, 3.05) is 18.5 Å². The molecule has 0 atom stereocenters. The van der Waals surface area contributed by atoms with E-state index in [2.05, 4.69) is 34.3 Å². The molecular weight excluding hydrogens is 306 g/mol. The van der Waals surface area contributed by atoms with Crippen LogP contribution in [0.2, 0.25) is 0 Å². The van der Waals surface area contributed by atoms with Gasteiger partial charge in [0.2, 0.25) is 0 Å². The summed E-state index contributed by atoms with van der Waals surface area (Å²) in [6.45, 7) is 6.73. The molecule has 2 aromatic rings. The summed E-state index contributed by atoms with van der Waals surface area (Å²) in [5.74, 6) is 0. The minimum atomic E-state index is 0.297. The van der Waals surface area contributed by atoms with Crippen molar-refractivity contribution in [3.05, 3.63) is 27.9 Å². The van der Waals surface area contributed by atoms with Gasteiger partial charge in [0.15, 0.2) is 5.65 Å². The zero-order valence-corrected chi connectivity index (χ0v) is 14.2. The Morgan fingerprint density at radius 1 is 1.42 bits per heavy atom. The third-order valence-electron chi connectivity index (χ3n) is 4.47. The molecule has 0 unspecified atom stereocenters. The van der Waals surface area contributed by atoms with Crippen molar-refractivity contribution in [2.24, 2.45) is 5.11 Å². The number of nitrogens with zero attached hydrogens (tertiary/aromatic N) is 6. The molecule has 0 aliphatic carbocycles. The van der Waals surface area contributed by atoms with Gasteiger partial charge in [0.05, 0.1) is 23.8 Å². The molecule has 1 saturated heterocycles. The van der Waals surface area contributed by atoms with Gasteiger partial charge < -0.3 is 10.1 Å². The Bertz CT molecular complexity index is 757. The van der Waals surface area contributed by atoms with E-state index in [1.54, 1.807) is 0 Å². The summed E-state index contributed by atoms with van der Waals surface area (Å²) in [4.78, 5) is 7.71. The lowest BCUT2D eigenvalue weighted by Gasteiger charge is -2.26. The smallest absolute Gasteiger partial charge is 0.160 e. The normalized spacial score (nSPS) is 15.4. The van der Waals surface area contributed by atoms with Crippen molar-refractivity contribution in [2.45, 2.75) is 52.2 Å². The number of hydrogen-bond acceptors (Lipinski definition) is 5. The summed E-state index contributed by atoms with van der Waals surface area (Å²) in [7, 11) is 0. The number of pyridine rings is 1. The number of fused-ring (bicyclic) bond motifs is 1. The molecule has 1 aliphatic rings. The topological polar surface area (TPSA) is 101 Å². The van der Waals surface area contributed by atoms with Crippen LogP contribution < -0.4 is 5.32 Å². The van der Waals surface area contributed by atoms with E-state index in [0.717, 1.165) is 67.0 Å². The van der Waals surface area contributed by atoms with Gasteiger partial charge in [-0.25, -0.2) is 9.67 Å². The number of hydrogen-bond donors (Lipinski definition) is 1. The van der Waals surface area contributed by atoms with Gasteiger partial charge in [0.1, 0.15) is 0 Å². The Labute approximate surface area is 140 Å². The van der Waals surface area contributed by atoms with E-state index in [4.69, 9.17) is 15.3 Å². The molecule has 3 heterocycles. The van der Waals surface area contributed by atoms with Crippen LogP contribution in [0.5, 0.6) is 0 Å². The fraction of sp³-hybridized carbons (Fsp3) is 0.625. The van der Waals surface area contributed by atoms with Crippen molar-refractivity contribution >= 4 is 16.7 Å². The number of aromatic nitrogens is 3. The van der Waals surface area contributed by atoms with Crippen LogP contribution in [0.25, 0.3) is 21.5 Å². The predicted molar refractivity (Wildman–Crippen MR) is 92.9 cm³/mol. The molecular formula is C16H23N7O. The minimum absolute atomic E-state index is 0.297. The largest absolute Gasteiger partial charge is 0.381 e. The molecule has 2 aromatic heterocycles. The maximum absolute atomic E-state index is 8.74.